The standard InChI is InChI=1S/C12H16N6O/c13-10-11(14-7-9-3-1-6-19-9)15-8-16-12(10)18-5-2-4-17-18/h2,4-5,8-9H,1,3,6-7,13H2,(H,14,15,16). The molecule has 3 heterocycles. The van der Waals surface area contributed by atoms with Crippen LogP contribution in [0.5, 0.6) is 0 Å². The van der Waals surface area contributed by atoms with Gasteiger partial charge in [-0.3, -0.25) is 0 Å². The normalized spacial score (nSPS) is 18.6. The van der Waals surface area contributed by atoms with Gasteiger partial charge in [-0.1, -0.05) is 0 Å². The second-order valence-electron chi connectivity index (χ2n) is 4.43. The molecule has 0 saturated carbocycles. The third-order valence-corrected chi connectivity index (χ3v) is 3.11. The zero-order chi connectivity index (χ0) is 13.1. The van der Waals surface area contributed by atoms with E-state index in [-0.39, 0.29) is 6.10 Å². The number of anilines is 2. The van der Waals surface area contributed by atoms with Crippen LogP contribution in [0.1, 0.15) is 12.8 Å². The van der Waals surface area contributed by atoms with Gasteiger partial charge >= 0.3 is 0 Å². The minimum absolute atomic E-state index is 0.238. The lowest BCUT2D eigenvalue weighted by atomic mass is 10.2. The largest absolute Gasteiger partial charge is 0.393 e. The number of nitrogens with two attached hydrogens (primary N) is 1. The van der Waals surface area contributed by atoms with Crippen molar-refractivity contribution >= 4 is 11.5 Å². The molecule has 1 fully saturated rings. The van der Waals surface area contributed by atoms with Gasteiger partial charge in [0, 0.05) is 25.5 Å². The molecular weight excluding hydrogens is 244 g/mol. The van der Waals surface area contributed by atoms with Gasteiger partial charge in [-0.05, 0) is 18.9 Å². The van der Waals surface area contributed by atoms with Gasteiger partial charge < -0.3 is 15.8 Å². The molecule has 1 aliphatic rings. The first-order valence-corrected chi connectivity index (χ1v) is 6.30. The summed E-state index contributed by atoms with van der Waals surface area (Å²) in [5.74, 6) is 1.20. The van der Waals surface area contributed by atoms with E-state index in [4.69, 9.17) is 10.5 Å². The van der Waals surface area contributed by atoms with E-state index >= 15 is 0 Å². The van der Waals surface area contributed by atoms with Crippen LogP contribution < -0.4 is 11.1 Å². The van der Waals surface area contributed by atoms with Crippen molar-refractivity contribution in [1.82, 2.24) is 19.7 Å². The van der Waals surface area contributed by atoms with Gasteiger partial charge in [-0.2, -0.15) is 5.10 Å². The maximum absolute atomic E-state index is 6.07. The Balaban J connectivity index is 1.76. The van der Waals surface area contributed by atoms with Gasteiger partial charge in [-0.25, -0.2) is 14.6 Å². The summed E-state index contributed by atoms with van der Waals surface area (Å²) >= 11 is 0. The van der Waals surface area contributed by atoms with Crippen molar-refractivity contribution in [2.45, 2.75) is 18.9 Å². The van der Waals surface area contributed by atoms with Crippen LogP contribution in [0.3, 0.4) is 0 Å². The lowest BCUT2D eigenvalue weighted by Gasteiger charge is -2.13. The zero-order valence-electron chi connectivity index (χ0n) is 10.5. The van der Waals surface area contributed by atoms with E-state index in [0.29, 0.717) is 23.9 Å². The van der Waals surface area contributed by atoms with Crippen LogP contribution in [0, 0.1) is 0 Å². The Morgan fingerprint density at radius 2 is 2.42 bits per heavy atom. The van der Waals surface area contributed by atoms with Gasteiger partial charge in [0.05, 0.1) is 6.10 Å². The maximum atomic E-state index is 6.07. The number of nitrogen functional groups attached to an aromatic ring is 1. The Labute approximate surface area is 110 Å². The Morgan fingerprint density at radius 1 is 1.47 bits per heavy atom. The molecule has 0 amide bonds. The number of hydrogen-bond donors (Lipinski definition) is 2. The summed E-state index contributed by atoms with van der Waals surface area (Å²) in [4.78, 5) is 8.32. The molecule has 2 aromatic heterocycles. The lowest BCUT2D eigenvalue weighted by Crippen LogP contribution is -2.20. The monoisotopic (exact) mass is 260 g/mol. The zero-order valence-corrected chi connectivity index (χ0v) is 10.5. The number of ether oxygens (including phenoxy) is 1. The SMILES string of the molecule is Nc1c(NCC2CCCO2)ncnc1-n1cccn1. The van der Waals surface area contributed by atoms with Crippen LogP contribution in [-0.4, -0.2) is 39.0 Å². The quantitative estimate of drug-likeness (QED) is 0.846. The van der Waals surface area contributed by atoms with Crippen LogP contribution in [0.4, 0.5) is 11.5 Å². The van der Waals surface area contributed by atoms with Crippen LogP contribution >= 0.6 is 0 Å². The highest BCUT2D eigenvalue weighted by atomic mass is 16.5. The predicted molar refractivity (Wildman–Crippen MR) is 71.0 cm³/mol. The molecule has 0 radical (unpaired) electrons. The van der Waals surface area contributed by atoms with Crippen molar-refractivity contribution in [3.05, 3.63) is 24.8 Å². The molecule has 3 rings (SSSR count). The average molecular weight is 260 g/mol. The van der Waals surface area contributed by atoms with Gasteiger partial charge in [0.25, 0.3) is 0 Å². The molecule has 0 aromatic carbocycles. The molecule has 1 aliphatic heterocycles. The first-order valence-electron chi connectivity index (χ1n) is 6.30. The van der Waals surface area contributed by atoms with E-state index < -0.39 is 0 Å². The molecule has 100 valence electrons. The van der Waals surface area contributed by atoms with E-state index in [1.165, 1.54) is 6.33 Å². The number of aromatic nitrogens is 4. The van der Waals surface area contributed by atoms with Crippen molar-refractivity contribution in [2.24, 2.45) is 0 Å². The summed E-state index contributed by atoms with van der Waals surface area (Å²) in [6.07, 6.45) is 7.38. The number of nitrogens with one attached hydrogen (secondary N) is 1. The highest BCUT2D eigenvalue weighted by molar-refractivity contribution is 5.68. The van der Waals surface area contributed by atoms with Gasteiger partial charge in [-0.15, -0.1) is 0 Å². The minimum atomic E-state index is 0.238. The molecule has 1 unspecified atom stereocenters. The van der Waals surface area contributed by atoms with Crippen LogP contribution in [0.2, 0.25) is 0 Å². The maximum Gasteiger partial charge on any atom is 0.181 e. The van der Waals surface area contributed by atoms with Crippen molar-refractivity contribution in [3.8, 4) is 5.82 Å². The summed E-state index contributed by atoms with van der Waals surface area (Å²) in [6.45, 7) is 1.55. The molecule has 7 nitrogen and oxygen atoms in total. The van der Waals surface area contributed by atoms with Crippen molar-refractivity contribution in [2.75, 3.05) is 24.2 Å². The molecule has 1 saturated heterocycles. The molecule has 2 aromatic rings. The Hall–Kier alpha value is -2.15. The first-order chi connectivity index (χ1) is 9.34. The fourth-order valence-corrected chi connectivity index (χ4v) is 2.12. The molecule has 0 aliphatic carbocycles. The van der Waals surface area contributed by atoms with Crippen molar-refractivity contribution in [1.29, 1.82) is 0 Å². The highest BCUT2D eigenvalue weighted by Crippen LogP contribution is 2.21. The molecular formula is C12H16N6O. The molecule has 7 heteroatoms. The van der Waals surface area contributed by atoms with E-state index in [1.54, 1.807) is 17.1 Å². The van der Waals surface area contributed by atoms with E-state index in [9.17, 15) is 0 Å². The van der Waals surface area contributed by atoms with E-state index in [0.717, 1.165) is 19.4 Å². The first kappa shape index (κ1) is 11.9. The average Bonchev–Trinajstić information content (AvgIpc) is 3.11. The lowest BCUT2D eigenvalue weighted by molar-refractivity contribution is 0.120. The van der Waals surface area contributed by atoms with Crippen LogP contribution in [-0.2, 0) is 4.74 Å². The summed E-state index contributed by atoms with van der Waals surface area (Å²) in [5.41, 5.74) is 6.56. The van der Waals surface area contributed by atoms with E-state index in [2.05, 4.69) is 20.4 Å². The van der Waals surface area contributed by atoms with Crippen LogP contribution in [0.25, 0.3) is 5.82 Å². The molecule has 3 N–H and O–H groups in total. The van der Waals surface area contributed by atoms with Gasteiger partial charge in [0.15, 0.2) is 11.6 Å². The number of rotatable bonds is 4. The minimum Gasteiger partial charge on any atom is -0.393 e. The second kappa shape index (κ2) is 5.23. The number of nitrogens with zero attached hydrogens (tertiary/aromatic N) is 4. The summed E-state index contributed by atoms with van der Waals surface area (Å²) < 4.78 is 7.17. The molecule has 0 spiro atoms. The van der Waals surface area contributed by atoms with Crippen molar-refractivity contribution in [3.63, 3.8) is 0 Å². The molecule has 1 atom stereocenters. The summed E-state index contributed by atoms with van der Waals surface area (Å²) in [7, 11) is 0. The summed E-state index contributed by atoms with van der Waals surface area (Å²) in [5, 5.41) is 7.33. The second-order valence-corrected chi connectivity index (χ2v) is 4.43. The van der Waals surface area contributed by atoms with Gasteiger partial charge in [0.1, 0.15) is 12.0 Å². The summed E-state index contributed by atoms with van der Waals surface area (Å²) in [6, 6.07) is 1.82. The molecule has 0 bridgehead atoms. The third kappa shape index (κ3) is 2.50. The predicted octanol–water partition coefficient (Wildman–Crippen LogP) is 0.835. The molecule has 19 heavy (non-hydrogen) atoms. The highest BCUT2D eigenvalue weighted by Gasteiger charge is 2.16. The third-order valence-electron chi connectivity index (χ3n) is 3.11. The topological polar surface area (TPSA) is 90.9 Å². The van der Waals surface area contributed by atoms with Crippen LogP contribution in [0.15, 0.2) is 24.8 Å². The van der Waals surface area contributed by atoms with Gasteiger partial charge in [0.2, 0.25) is 0 Å². The fourth-order valence-electron chi connectivity index (χ4n) is 2.12. The Kier molecular flexibility index (Phi) is 3.28. The van der Waals surface area contributed by atoms with E-state index in [1.807, 2.05) is 6.07 Å². The Bertz CT molecular complexity index is 535. The smallest absolute Gasteiger partial charge is 0.181 e. The fraction of sp³-hybridized carbons (Fsp3) is 0.417. The van der Waals surface area contributed by atoms with Crippen molar-refractivity contribution < 1.29 is 4.74 Å². The Morgan fingerprint density at radius 3 is 3.16 bits per heavy atom. The number of hydrogen-bond acceptors (Lipinski definition) is 6.